The Labute approximate surface area is 258 Å². The number of allylic oxidation sites excluding steroid dienone is 1. The first-order valence-electron chi connectivity index (χ1n) is 14.5. The second-order valence-corrected chi connectivity index (χ2v) is 10.8. The molecular formula is C33H38B2N4O5+2. The molecule has 0 radical (unpaired) electrons. The van der Waals surface area contributed by atoms with Crippen LogP contribution in [0.15, 0.2) is 109 Å². The molecule has 11 heteroatoms. The van der Waals surface area contributed by atoms with E-state index in [1.54, 1.807) is 30.5 Å². The number of nitrogens with one attached hydrogen (secondary N) is 1. The van der Waals surface area contributed by atoms with Gasteiger partial charge in [0.2, 0.25) is 0 Å². The Morgan fingerprint density at radius 1 is 0.818 bits per heavy atom. The lowest BCUT2D eigenvalue weighted by Gasteiger charge is -2.10. The van der Waals surface area contributed by atoms with Crippen molar-refractivity contribution in [1.29, 1.82) is 0 Å². The van der Waals surface area contributed by atoms with Gasteiger partial charge < -0.3 is 25.4 Å². The van der Waals surface area contributed by atoms with Crippen LogP contribution in [-0.2, 0) is 13.1 Å². The minimum absolute atomic E-state index is 0.230. The van der Waals surface area contributed by atoms with Crippen LogP contribution in [0, 0.1) is 0 Å². The van der Waals surface area contributed by atoms with Crippen molar-refractivity contribution in [3.05, 3.63) is 120 Å². The molecule has 0 atom stereocenters. The molecule has 0 fully saturated rings. The van der Waals surface area contributed by atoms with Gasteiger partial charge in [-0.1, -0.05) is 55.1 Å². The molecule has 1 amide bonds. The van der Waals surface area contributed by atoms with Crippen molar-refractivity contribution < 1.29 is 34.0 Å². The average molecular weight is 592 g/mol. The molecule has 2 heterocycles. The van der Waals surface area contributed by atoms with E-state index in [1.165, 1.54) is 0 Å². The molecule has 0 aliphatic carbocycles. The second kappa shape index (κ2) is 15.4. The third kappa shape index (κ3) is 8.81. The van der Waals surface area contributed by atoms with Crippen LogP contribution in [-0.4, -0.2) is 59.0 Å². The highest BCUT2D eigenvalue weighted by Gasteiger charge is 2.22. The minimum atomic E-state index is -1.62. The summed E-state index contributed by atoms with van der Waals surface area (Å²) in [5.74, 6) is -0.230. The van der Waals surface area contributed by atoms with Crippen LogP contribution in [0.5, 0.6) is 0 Å². The molecule has 0 aliphatic heterocycles. The smallest absolute Gasteiger partial charge is 0.423 e. The quantitative estimate of drug-likeness (QED) is 0.0671. The van der Waals surface area contributed by atoms with E-state index in [4.69, 9.17) is 0 Å². The molecule has 9 nitrogen and oxygen atoms in total. The van der Waals surface area contributed by atoms with Crippen molar-refractivity contribution >= 4 is 36.8 Å². The third-order valence-electron chi connectivity index (χ3n) is 7.33. The highest BCUT2D eigenvalue weighted by atomic mass is 16.4. The van der Waals surface area contributed by atoms with E-state index in [0.717, 1.165) is 28.0 Å². The zero-order valence-electron chi connectivity index (χ0n) is 25.1. The maximum absolute atomic E-state index is 13.3. The fourth-order valence-electron chi connectivity index (χ4n) is 4.82. The number of benzene rings is 2. The Bertz CT molecular complexity index is 1660. The van der Waals surface area contributed by atoms with E-state index in [1.807, 2.05) is 84.0 Å². The third-order valence-corrected chi connectivity index (χ3v) is 7.33. The number of aliphatic imine (C=N–C) groups is 1. The SMILES string of the molecule is C=C(C)C(C)=NCCCNC(=O)c1cc(-c2ccc[n+](Cc3ccccc3B(O)O)c2)c[n+](Cc2ccccc2B(O)O)c1. The number of rotatable bonds is 13. The maximum Gasteiger partial charge on any atom is 0.488 e. The van der Waals surface area contributed by atoms with Gasteiger partial charge in [-0.25, -0.2) is 4.57 Å². The van der Waals surface area contributed by atoms with E-state index in [0.29, 0.717) is 54.7 Å². The van der Waals surface area contributed by atoms with Crippen LogP contribution >= 0.6 is 0 Å². The highest BCUT2D eigenvalue weighted by Crippen LogP contribution is 2.18. The zero-order valence-corrected chi connectivity index (χ0v) is 25.1. The molecule has 5 N–H and O–H groups in total. The molecule has 0 spiro atoms. The lowest BCUT2D eigenvalue weighted by Crippen LogP contribution is -2.42. The Morgan fingerprint density at radius 3 is 2.02 bits per heavy atom. The summed E-state index contributed by atoms with van der Waals surface area (Å²) in [5.41, 5.74) is 6.22. The first-order chi connectivity index (χ1) is 21.1. The second-order valence-electron chi connectivity index (χ2n) is 10.8. The summed E-state index contributed by atoms with van der Waals surface area (Å²) in [5, 5.41) is 42.4. The summed E-state index contributed by atoms with van der Waals surface area (Å²) < 4.78 is 3.80. The standard InChI is InChI=1S/C33H37B2N4O5/c1-24(2)25(3)36-15-9-16-37-33(40)30-18-29(22-39(23-30)21-28-11-5-7-14-32(28)35(43)44)26-12-8-17-38(19-26)20-27-10-4-6-13-31(27)34(41)42/h4-8,10-14,17-19,22-23,41-44H,1,9,15-16,20-21H2,2-3H3/q+1/p+1. The monoisotopic (exact) mass is 592 g/mol. The predicted octanol–water partition coefficient (Wildman–Crippen LogP) is 0.542. The molecule has 4 rings (SSSR count). The van der Waals surface area contributed by atoms with E-state index in [9.17, 15) is 24.9 Å². The van der Waals surface area contributed by atoms with Gasteiger partial charge in [0.15, 0.2) is 37.9 Å². The number of hydrogen-bond acceptors (Lipinski definition) is 6. The van der Waals surface area contributed by atoms with Gasteiger partial charge in [-0.3, -0.25) is 9.79 Å². The summed E-state index contributed by atoms with van der Waals surface area (Å²) in [6.45, 7) is 9.49. The van der Waals surface area contributed by atoms with Gasteiger partial charge in [0, 0.05) is 36.0 Å². The molecule has 0 saturated carbocycles. The van der Waals surface area contributed by atoms with Crippen LogP contribution in [0.1, 0.15) is 41.8 Å². The molecule has 2 aromatic heterocycles. The molecule has 0 saturated heterocycles. The van der Waals surface area contributed by atoms with Gasteiger partial charge >= 0.3 is 14.2 Å². The lowest BCUT2D eigenvalue weighted by atomic mass is 9.77. The number of hydrogen-bond donors (Lipinski definition) is 5. The summed E-state index contributed by atoms with van der Waals surface area (Å²) in [4.78, 5) is 17.8. The fourth-order valence-corrected chi connectivity index (χ4v) is 4.82. The molecule has 0 aliphatic rings. The van der Waals surface area contributed by atoms with Crippen molar-refractivity contribution in [3.63, 3.8) is 0 Å². The van der Waals surface area contributed by atoms with Crippen molar-refractivity contribution in [2.75, 3.05) is 13.1 Å². The van der Waals surface area contributed by atoms with E-state index in [-0.39, 0.29) is 5.91 Å². The zero-order chi connectivity index (χ0) is 31.6. The number of carbonyl (C=O) groups excluding carboxylic acids is 1. The normalized spacial score (nSPS) is 11.3. The fraction of sp³-hybridized carbons (Fsp3) is 0.212. The molecule has 0 bridgehead atoms. The minimum Gasteiger partial charge on any atom is -0.423 e. The van der Waals surface area contributed by atoms with Crippen molar-refractivity contribution in [2.45, 2.75) is 33.4 Å². The van der Waals surface area contributed by atoms with Gasteiger partial charge in [0.05, 0.1) is 11.1 Å². The van der Waals surface area contributed by atoms with Crippen molar-refractivity contribution in [3.8, 4) is 11.1 Å². The van der Waals surface area contributed by atoms with Crippen molar-refractivity contribution in [1.82, 2.24) is 5.32 Å². The summed E-state index contributed by atoms with van der Waals surface area (Å²) >= 11 is 0. The van der Waals surface area contributed by atoms with Crippen LogP contribution in [0.4, 0.5) is 0 Å². The van der Waals surface area contributed by atoms with E-state index < -0.39 is 14.2 Å². The summed E-state index contributed by atoms with van der Waals surface area (Å²) in [6, 6.07) is 19.9. The first kappa shape index (κ1) is 32.5. The van der Waals surface area contributed by atoms with Gasteiger partial charge in [-0.05, 0) is 48.9 Å². The Balaban J connectivity index is 1.64. The van der Waals surface area contributed by atoms with Crippen LogP contribution < -0.4 is 25.4 Å². The number of nitrogens with zero attached hydrogens (tertiary/aromatic N) is 3. The number of aromatic nitrogens is 2. The van der Waals surface area contributed by atoms with Crippen LogP contribution in [0.2, 0.25) is 0 Å². The number of amides is 1. The lowest BCUT2D eigenvalue weighted by molar-refractivity contribution is -0.689. The molecule has 2 aromatic carbocycles. The van der Waals surface area contributed by atoms with E-state index >= 15 is 0 Å². The van der Waals surface area contributed by atoms with Gasteiger partial charge in [0.1, 0.15) is 5.56 Å². The maximum atomic E-state index is 13.3. The van der Waals surface area contributed by atoms with Gasteiger partial charge in [0.25, 0.3) is 5.91 Å². The predicted molar refractivity (Wildman–Crippen MR) is 173 cm³/mol. The molecule has 4 aromatic rings. The molecular weight excluding hydrogens is 554 g/mol. The molecule has 224 valence electrons. The average Bonchev–Trinajstić information content (AvgIpc) is 3.01. The number of carbonyl (C=O) groups is 1. The van der Waals surface area contributed by atoms with Crippen LogP contribution in [0.3, 0.4) is 0 Å². The van der Waals surface area contributed by atoms with Crippen LogP contribution in [0.25, 0.3) is 11.1 Å². The van der Waals surface area contributed by atoms with Crippen molar-refractivity contribution in [2.24, 2.45) is 4.99 Å². The van der Waals surface area contributed by atoms with E-state index in [2.05, 4.69) is 16.9 Å². The van der Waals surface area contributed by atoms with Gasteiger partial charge in [-0.2, -0.15) is 4.57 Å². The Kier molecular flexibility index (Phi) is 11.3. The Hall–Kier alpha value is -4.41. The Morgan fingerprint density at radius 2 is 1.41 bits per heavy atom. The van der Waals surface area contributed by atoms with Gasteiger partial charge in [-0.15, -0.1) is 0 Å². The first-order valence-corrected chi connectivity index (χ1v) is 14.5. The molecule has 44 heavy (non-hydrogen) atoms. The number of pyridine rings is 2. The summed E-state index contributed by atoms with van der Waals surface area (Å²) in [6.07, 6.45) is 8.18. The summed E-state index contributed by atoms with van der Waals surface area (Å²) in [7, 11) is -3.20. The highest BCUT2D eigenvalue weighted by molar-refractivity contribution is 6.59. The largest absolute Gasteiger partial charge is 0.488 e. The topological polar surface area (TPSA) is 130 Å². The molecule has 0 unspecified atom stereocenters.